The van der Waals surface area contributed by atoms with Gasteiger partial charge in [-0.25, -0.2) is 5.43 Å². The molecule has 0 radical (unpaired) electrons. The Morgan fingerprint density at radius 1 is 1.27 bits per heavy atom. The average Bonchev–Trinajstić information content (AvgIpc) is 2.91. The number of amides is 1. The van der Waals surface area contributed by atoms with Crippen molar-refractivity contribution in [2.24, 2.45) is 5.10 Å². The Bertz CT molecular complexity index is 645. The molecule has 5 heteroatoms. The van der Waals surface area contributed by atoms with Crippen molar-refractivity contribution >= 4 is 23.5 Å². The standard InChI is InChI=1S/C17H20N2O2S/c1-12(2)14-5-7-15(8-6-14)21-11-17(20)19-18-10-16-9-4-13(3)22-16/h4-10,12H,11H2,1-3H3,(H,19,20). The van der Waals surface area contributed by atoms with E-state index in [9.17, 15) is 4.79 Å². The minimum atomic E-state index is -0.280. The number of rotatable bonds is 6. The first-order valence-corrected chi connectivity index (χ1v) is 7.97. The van der Waals surface area contributed by atoms with Gasteiger partial charge in [-0.15, -0.1) is 11.3 Å². The fourth-order valence-corrected chi connectivity index (χ4v) is 2.57. The predicted molar refractivity (Wildman–Crippen MR) is 90.8 cm³/mol. The molecule has 0 aliphatic heterocycles. The van der Waals surface area contributed by atoms with Crippen LogP contribution in [0.1, 0.15) is 35.1 Å². The number of hydrogen-bond donors (Lipinski definition) is 1. The van der Waals surface area contributed by atoms with Crippen molar-refractivity contribution in [3.05, 3.63) is 51.7 Å². The van der Waals surface area contributed by atoms with Crippen molar-refractivity contribution in [3.63, 3.8) is 0 Å². The Morgan fingerprint density at radius 2 is 2.00 bits per heavy atom. The lowest BCUT2D eigenvalue weighted by molar-refractivity contribution is -0.123. The quantitative estimate of drug-likeness (QED) is 0.652. The predicted octanol–water partition coefficient (Wildman–Crippen LogP) is 3.71. The van der Waals surface area contributed by atoms with Gasteiger partial charge in [0.1, 0.15) is 5.75 Å². The van der Waals surface area contributed by atoms with Crippen molar-refractivity contribution in [3.8, 4) is 5.75 Å². The van der Waals surface area contributed by atoms with Crippen LogP contribution in [0.3, 0.4) is 0 Å². The number of aryl methyl sites for hydroxylation is 1. The van der Waals surface area contributed by atoms with Crippen molar-refractivity contribution in [2.45, 2.75) is 26.7 Å². The molecule has 2 rings (SSSR count). The van der Waals surface area contributed by atoms with E-state index in [-0.39, 0.29) is 12.5 Å². The molecule has 116 valence electrons. The zero-order valence-electron chi connectivity index (χ0n) is 13.0. The van der Waals surface area contributed by atoms with Crippen molar-refractivity contribution in [1.82, 2.24) is 5.43 Å². The summed E-state index contributed by atoms with van der Waals surface area (Å²) in [5.74, 6) is 0.877. The highest BCUT2D eigenvalue weighted by molar-refractivity contribution is 7.13. The number of thiophene rings is 1. The van der Waals surface area contributed by atoms with E-state index in [0.29, 0.717) is 11.7 Å². The zero-order valence-corrected chi connectivity index (χ0v) is 13.8. The van der Waals surface area contributed by atoms with Crippen molar-refractivity contribution in [1.29, 1.82) is 0 Å². The minimum Gasteiger partial charge on any atom is -0.484 e. The van der Waals surface area contributed by atoms with Gasteiger partial charge in [-0.2, -0.15) is 5.10 Å². The molecule has 1 aromatic carbocycles. The molecule has 1 N–H and O–H groups in total. The molecule has 0 fully saturated rings. The molecule has 0 spiro atoms. The molecule has 0 unspecified atom stereocenters. The van der Waals surface area contributed by atoms with Gasteiger partial charge in [0.2, 0.25) is 0 Å². The van der Waals surface area contributed by atoms with Crippen molar-refractivity contribution in [2.75, 3.05) is 6.61 Å². The maximum Gasteiger partial charge on any atom is 0.277 e. The third kappa shape index (κ3) is 5.00. The van der Waals surface area contributed by atoms with Crippen LogP contribution in [0.25, 0.3) is 0 Å². The lowest BCUT2D eigenvalue weighted by Crippen LogP contribution is -2.24. The molecular weight excluding hydrogens is 296 g/mol. The van der Waals surface area contributed by atoms with Gasteiger partial charge in [0.25, 0.3) is 5.91 Å². The smallest absolute Gasteiger partial charge is 0.277 e. The lowest BCUT2D eigenvalue weighted by Gasteiger charge is -2.08. The second-order valence-electron chi connectivity index (χ2n) is 5.25. The molecule has 1 aromatic heterocycles. The summed E-state index contributed by atoms with van der Waals surface area (Å²) in [7, 11) is 0. The lowest BCUT2D eigenvalue weighted by atomic mass is 10.0. The van der Waals surface area contributed by atoms with E-state index in [1.807, 2.05) is 43.3 Å². The largest absolute Gasteiger partial charge is 0.484 e. The highest BCUT2D eigenvalue weighted by Crippen LogP contribution is 2.18. The third-order valence-corrected chi connectivity index (χ3v) is 3.99. The number of nitrogens with one attached hydrogen (secondary N) is 1. The van der Waals surface area contributed by atoms with Crippen LogP contribution in [-0.4, -0.2) is 18.7 Å². The van der Waals surface area contributed by atoms with Gasteiger partial charge in [0.15, 0.2) is 6.61 Å². The molecule has 0 saturated carbocycles. The summed E-state index contributed by atoms with van der Waals surface area (Å²) in [5, 5.41) is 3.91. The monoisotopic (exact) mass is 316 g/mol. The molecular formula is C17H20N2O2S. The van der Waals surface area contributed by atoms with Gasteiger partial charge in [-0.05, 0) is 42.7 Å². The maximum absolute atomic E-state index is 11.6. The van der Waals surface area contributed by atoms with E-state index < -0.39 is 0 Å². The second-order valence-corrected chi connectivity index (χ2v) is 6.57. The Balaban J connectivity index is 1.76. The van der Waals surface area contributed by atoms with E-state index in [2.05, 4.69) is 24.4 Å². The van der Waals surface area contributed by atoms with Gasteiger partial charge in [-0.3, -0.25) is 4.79 Å². The highest BCUT2D eigenvalue weighted by atomic mass is 32.1. The second kappa shape index (κ2) is 7.75. The maximum atomic E-state index is 11.6. The molecule has 22 heavy (non-hydrogen) atoms. The van der Waals surface area contributed by atoms with Crippen molar-refractivity contribution < 1.29 is 9.53 Å². The summed E-state index contributed by atoms with van der Waals surface area (Å²) >= 11 is 1.62. The zero-order chi connectivity index (χ0) is 15.9. The Morgan fingerprint density at radius 3 is 2.59 bits per heavy atom. The van der Waals surface area contributed by atoms with E-state index >= 15 is 0 Å². The van der Waals surface area contributed by atoms with Gasteiger partial charge < -0.3 is 4.74 Å². The van der Waals surface area contributed by atoms with Crippen LogP contribution in [0, 0.1) is 6.92 Å². The van der Waals surface area contributed by atoms with Crippen LogP contribution in [0.4, 0.5) is 0 Å². The summed E-state index contributed by atoms with van der Waals surface area (Å²) in [6.07, 6.45) is 1.63. The topological polar surface area (TPSA) is 50.7 Å². The third-order valence-electron chi connectivity index (χ3n) is 3.06. The molecule has 0 atom stereocenters. The highest BCUT2D eigenvalue weighted by Gasteiger charge is 2.03. The fraction of sp³-hybridized carbons (Fsp3) is 0.294. The first-order valence-electron chi connectivity index (χ1n) is 7.15. The van der Waals surface area contributed by atoms with Gasteiger partial charge in [0.05, 0.1) is 6.21 Å². The van der Waals surface area contributed by atoms with Crippen LogP contribution in [0.15, 0.2) is 41.5 Å². The van der Waals surface area contributed by atoms with E-state index in [1.165, 1.54) is 10.4 Å². The number of ether oxygens (including phenoxy) is 1. The number of nitrogens with zero attached hydrogens (tertiary/aromatic N) is 1. The average molecular weight is 316 g/mol. The molecule has 2 aromatic rings. The van der Waals surface area contributed by atoms with Crippen LogP contribution in [0.5, 0.6) is 5.75 Å². The minimum absolute atomic E-state index is 0.0537. The Kier molecular flexibility index (Phi) is 5.72. The summed E-state index contributed by atoms with van der Waals surface area (Å²) in [5.41, 5.74) is 3.70. The molecule has 0 aliphatic rings. The normalized spacial score (nSPS) is 11.1. The van der Waals surface area contributed by atoms with E-state index in [4.69, 9.17) is 4.74 Å². The summed E-state index contributed by atoms with van der Waals surface area (Å²) in [4.78, 5) is 13.9. The van der Waals surface area contributed by atoms with E-state index in [1.54, 1.807) is 17.6 Å². The number of hydrazone groups is 1. The van der Waals surface area contributed by atoms with Crippen LogP contribution in [0.2, 0.25) is 0 Å². The Labute approximate surface area is 134 Å². The summed E-state index contributed by atoms with van der Waals surface area (Å²) in [6, 6.07) is 11.7. The molecule has 0 aliphatic carbocycles. The number of hydrogen-bond acceptors (Lipinski definition) is 4. The molecule has 4 nitrogen and oxygen atoms in total. The SMILES string of the molecule is Cc1ccc(C=NNC(=O)COc2ccc(C(C)C)cc2)s1. The number of carbonyl (C=O) groups is 1. The van der Waals surface area contributed by atoms with Gasteiger partial charge >= 0.3 is 0 Å². The molecule has 0 saturated heterocycles. The first kappa shape index (κ1) is 16.2. The number of carbonyl (C=O) groups excluding carboxylic acids is 1. The summed E-state index contributed by atoms with van der Waals surface area (Å²) < 4.78 is 5.43. The van der Waals surface area contributed by atoms with E-state index in [0.717, 1.165) is 4.88 Å². The van der Waals surface area contributed by atoms with Crippen LogP contribution >= 0.6 is 11.3 Å². The van der Waals surface area contributed by atoms with Gasteiger partial charge in [-0.1, -0.05) is 26.0 Å². The molecule has 1 heterocycles. The molecule has 0 bridgehead atoms. The summed E-state index contributed by atoms with van der Waals surface area (Å²) in [6.45, 7) is 6.24. The first-order chi connectivity index (χ1) is 10.5. The van der Waals surface area contributed by atoms with Crippen LogP contribution in [-0.2, 0) is 4.79 Å². The Hall–Kier alpha value is -2.14. The van der Waals surface area contributed by atoms with Gasteiger partial charge in [0, 0.05) is 9.75 Å². The fourth-order valence-electron chi connectivity index (χ4n) is 1.82. The molecule has 1 amide bonds. The van der Waals surface area contributed by atoms with Crippen LogP contribution < -0.4 is 10.2 Å². The number of benzene rings is 1.